The normalized spacial score (nSPS) is 15.4. The number of hydrogen-bond donors (Lipinski definition) is 2. The maximum Gasteiger partial charge on any atom is 0.0662 e. The molecule has 0 fully saturated rings. The van der Waals surface area contributed by atoms with Gasteiger partial charge < -0.3 is 10.4 Å². The summed E-state index contributed by atoms with van der Waals surface area (Å²) in [4.78, 5) is 0. The summed E-state index contributed by atoms with van der Waals surface area (Å²) in [6.45, 7) is 4.84. The summed E-state index contributed by atoms with van der Waals surface area (Å²) in [6.07, 6.45) is 1.65. The largest absolute Gasteiger partial charge is 0.392 e. The Hall–Kier alpha value is -0.380. The maximum absolute atomic E-state index is 9.37. The molecule has 3 heteroatoms. The van der Waals surface area contributed by atoms with Gasteiger partial charge in [-0.15, -0.1) is 0 Å². The summed E-state index contributed by atoms with van der Waals surface area (Å²) in [5.74, 6) is 0. The molecule has 0 aliphatic rings. The van der Waals surface area contributed by atoms with Crippen molar-refractivity contribution in [2.75, 3.05) is 6.54 Å². The summed E-state index contributed by atoms with van der Waals surface area (Å²) < 4.78 is 0. The van der Waals surface area contributed by atoms with E-state index in [9.17, 15) is 5.11 Å². The highest BCUT2D eigenvalue weighted by molar-refractivity contribution is 7.07. The van der Waals surface area contributed by atoms with Crippen LogP contribution in [0.25, 0.3) is 0 Å². The van der Waals surface area contributed by atoms with Crippen molar-refractivity contribution in [1.82, 2.24) is 5.32 Å². The van der Waals surface area contributed by atoms with Crippen LogP contribution >= 0.6 is 11.3 Å². The van der Waals surface area contributed by atoms with E-state index in [-0.39, 0.29) is 6.10 Å². The molecule has 0 aliphatic carbocycles. The first-order chi connectivity index (χ1) is 6.72. The van der Waals surface area contributed by atoms with E-state index < -0.39 is 0 Å². The molecule has 2 N–H and O–H groups in total. The molecule has 1 heterocycles. The van der Waals surface area contributed by atoms with E-state index in [0.717, 1.165) is 12.8 Å². The van der Waals surface area contributed by atoms with Crippen LogP contribution in [0.5, 0.6) is 0 Å². The Labute approximate surface area is 90.0 Å². The van der Waals surface area contributed by atoms with Gasteiger partial charge in [-0.3, -0.25) is 0 Å². The van der Waals surface area contributed by atoms with Crippen LogP contribution in [0.4, 0.5) is 0 Å². The van der Waals surface area contributed by atoms with Gasteiger partial charge in [0, 0.05) is 12.6 Å². The molecule has 1 aromatic rings. The predicted octanol–water partition coefficient (Wildman–Crippen LogP) is 2.04. The van der Waals surface area contributed by atoms with Crippen LogP contribution in [-0.4, -0.2) is 23.8 Å². The fourth-order valence-corrected chi connectivity index (χ4v) is 2.00. The second kappa shape index (κ2) is 6.17. The van der Waals surface area contributed by atoms with E-state index >= 15 is 0 Å². The van der Waals surface area contributed by atoms with Crippen LogP contribution < -0.4 is 5.32 Å². The topological polar surface area (TPSA) is 32.3 Å². The van der Waals surface area contributed by atoms with Gasteiger partial charge >= 0.3 is 0 Å². The van der Waals surface area contributed by atoms with Gasteiger partial charge in [0.25, 0.3) is 0 Å². The zero-order valence-electron chi connectivity index (χ0n) is 8.86. The van der Waals surface area contributed by atoms with Crippen molar-refractivity contribution in [2.24, 2.45) is 0 Å². The Kier molecular flexibility index (Phi) is 5.15. The lowest BCUT2D eigenvalue weighted by Gasteiger charge is -2.15. The Morgan fingerprint density at radius 1 is 1.57 bits per heavy atom. The van der Waals surface area contributed by atoms with Crippen LogP contribution in [0.3, 0.4) is 0 Å². The summed E-state index contributed by atoms with van der Waals surface area (Å²) in [7, 11) is 0. The Morgan fingerprint density at radius 3 is 2.93 bits per heavy atom. The number of rotatable bonds is 6. The van der Waals surface area contributed by atoms with Gasteiger partial charge in [0.15, 0.2) is 0 Å². The van der Waals surface area contributed by atoms with Crippen LogP contribution in [0.1, 0.15) is 25.8 Å². The number of aliphatic hydroxyl groups is 1. The van der Waals surface area contributed by atoms with Gasteiger partial charge in [-0.2, -0.15) is 11.3 Å². The lowest BCUT2D eigenvalue weighted by Crippen LogP contribution is -2.34. The van der Waals surface area contributed by atoms with E-state index in [0.29, 0.717) is 12.6 Å². The van der Waals surface area contributed by atoms with Crippen molar-refractivity contribution in [3.8, 4) is 0 Å². The zero-order valence-corrected chi connectivity index (χ0v) is 9.68. The number of thiophene rings is 1. The van der Waals surface area contributed by atoms with E-state index in [1.165, 1.54) is 5.56 Å². The Balaban J connectivity index is 2.19. The van der Waals surface area contributed by atoms with Gasteiger partial charge in [-0.1, -0.05) is 6.92 Å². The number of nitrogens with one attached hydrogen (secondary N) is 1. The molecule has 0 radical (unpaired) electrons. The van der Waals surface area contributed by atoms with Crippen LogP contribution in [0.2, 0.25) is 0 Å². The lowest BCUT2D eigenvalue weighted by atomic mass is 10.1. The van der Waals surface area contributed by atoms with E-state index in [1.54, 1.807) is 11.3 Å². The standard InChI is InChI=1S/C11H19NOS/c1-3-11(13)7-12-9(2)6-10-4-5-14-8-10/h4-5,8-9,11-13H,3,6-7H2,1-2H3. The van der Waals surface area contributed by atoms with Gasteiger partial charge in [-0.05, 0) is 42.2 Å². The van der Waals surface area contributed by atoms with Crippen LogP contribution in [0.15, 0.2) is 16.8 Å². The molecular weight excluding hydrogens is 194 g/mol. The molecule has 0 amide bonds. The quantitative estimate of drug-likeness (QED) is 0.758. The van der Waals surface area contributed by atoms with Crippen LogP contribution in [0, 0.1) is 0 Å². The summed E-state index contributed by atoms with van der Waals surface area (Å²) in [5, 5.41) is 17.0. The Morgan fingerprint density at radius 2 is 2.36 bits per heavy atom. The van der Waals surface area contributed by atoms with Gasteiger partial charge in [0.05, 0.1) is 6.10 Å². The Bertz CT molecular complexity index is 235. The molecule has 0 spiro atoms. The molecule has 0 saturated carbocycles. The molecule has 2 atom stereocenters. The first kappa shape index (κ1) is 11.7. The average Bonchev–Trinajstić information content (AvgIpc) is 2.66. The molecule has 14 heavy (non-hydrogen) atoms. The van der Waals surface area contributed by atoms with Gasteiger partial charge in [-0.25, -0.2) is 0 Å². The molecule has 2 nitrogen and oxygen atoms in total. The van der Waals surface area contributed by atoms with Crippen molar-refractivity contribution in [3.63, 3.8) is 0 Å². The summed E-state index contributed by atoms with van der Waals surface area (Å²) in [5.41, 5.74) is 1.38. The summed E-state index contributed by atoms with van der Waals surface area (Å²) >= 11 is 1.73. The minimum absolute atomic E-state index is 0.208. The van der Waals surface area contributed by atoms with Crippen molar-refractivity contribution in [2.45, 2.75) is 38.8 Å². The minimum Gasteiger partial charge on any atom is -0.392 e. The third-order valence-corrected chi connectivity index (χ3v) is 3.03. The molecular formula is C11H19NOS. The fourth-order valence-electron chi connectivity index (χ4n) is 1.32. The molecule has 0 bridgehead atoms. The zero-order chi connectivity index (χ0) is 10.4. The first-order valence-electron chi connectivity index (χ1n) is 5.15. The van der Waals surface area contributed by atoms with Crippen molar-refractivity contribution < 1.29 is 5.11 Å². The SMILES string of the molecule is CCC(O)CNC(C)Cc1ccsc1. The average molecular weight is 213 g/mol. The highest BCUT2D eigenvalue weighted by atomic mass is 32.1. The van der Waals surface area contributed by atoms with E-state index in [2.05, 4.69) is 29.1 Å². The predicted molar refractivity (Wildman–Crippen MR) is 61.8 cm³/mol. The van der Waals surface area contributed by atoms with Crippen molar-refractivity contribution >= 4 is 11.3 Å². The third-order valence-electron chi connectivity index (χ3n) is 2.30. The molecule has 0 saturated heterocycles. The highest BCUT2D eigenvalue weighted by Gasteiger charge is 2.05. The first-order valence-corrected chi connectivity index (χ1v) is 6.09. The fraction of sp³-hybridized carbons (Fsp3) is 0.636. The van der Waals surface area contributed by atoms with Crippen molar-refractivity contribution in [3.05, 3.63) is 22.4 Å². The smallest absolute Gasteiger partial charge is 0.0662 e. The molecule has 80 valence electrons. The second-order valence-corrected chi connectivity index (χ2v) is 4.49. The number of aliphatic hydroxyl groups excluding tert-OH is 1. The molecule has 2 unspecified atom stereocenters. The molecule has 1 rings (SSSR count). The van der Waals surface area contributed by atoms with E-state index in [4.69, 9.17) is 0 Å². The highest BCUT2D eigenvalue weighted by Crippen LogP contribution is 2.08. The lowest BCUT2D eigenvalue weighted by molar-refractivity contribution is 0.163. The van der Waals surface area contributed by atoms with Gasteiger partial charge in [0.1, 0.15) is 0 Å². The van der Waals surface area contributed by atoms with Crippen LogP contribution in [-0.2, 0) is 6.42 Å². The third kappa shape index (κ3) is 4.22. The van der Waals surface area contributed by atoms with Crippen molar-refractivity contribution in [1.29, 1.82) is 0 Å². The molecule has 1 aromatic heterocycles. The molecule has 0 aliphatic heterocycles. The molecule has 0 aromatic carbocycles. The minimum atomic E-state index is -0.208. The maximum atomic E-state index is 9.37. The number of hydrogen-bond acceptors (Lipinski definition) is 3. The van der Waals surface area contributed by atoms with E-state index in [1.807, 2.05) is 6.92 Å². The monoisotopic (exact) mass is 213 g/mol. The summed E-state index contributed by atoms with van der Waals surface area (Å²) in [6, 6.07) is 2.59. The second-order valence-electron chi connectivity index (χ2n) is 3.71. The van der Waals surface area contributed by atoms with Gasteiger partial charge in [0.2, 0.25) is 0 Å².